The van der Waals surface area contributed by atoms with Crippen LogP contribution in [0.5, 0.6) is 0 Å². The lowest BCUT2D eigenvalue weighted by Gasteiger charge is -2.14. The molecule has 1 aromatic carbocycles. The van der Waals surface area contributed by atoms with Gasteiger partial charge in [0.1, 0.15) is 5.84 Å². The zero-order chi connectivity index (χ0) is 10.7. The summed E-state index contributed by atoms with van der Waals surface area (Å²) in [5, 5.41) is 0. The molecule has 0 radical (unpaired) electrons. The van der Waals surface area contributed by atoms with E-state index in [9.17, 15) is 0 Å². The molecular formula is C12H17N3. The Balaban J connectivity index is 2.14. The van der Waals surface area contributed by atoms with Gasteiger partial charge in [-0.15, -0.1) is 0 Å². The minimum atomic E-state index is 0.247. The summed E-state index contributed by atoms with van der Waals surface area (Å²) in [7, 11) is 0. The molecule has 1 unspecified atom stereocenters. The van der Waals surface area contributed by atoms with Crippen LogP contribution in [0.25, 0.3) is 0 Å². The zero-order valence-corrected chi connectivity index (χ0v) is 8.98. The maximum Gasteiger partial charge on any atom is 0.118 e. The molecule has 0 spiro atoms. The van der Waals surface area contributed by atoms with E-state index in [1.54, 1.807) is 0 Å². The molecule has 80 valence electrons. The topological polar surface area (TPSA) is 50.4 Å². The summed E-state index contributed by atoms with van der Waals surface area (Å²) in [5.74, 6) is 6.65. The van der Waals surface area contributed by atoms with Crippen LogP contribution in [0.15, 0.2) is 35.3 Å². The van der Waals surface area contributed by atoms with Gasteiger partial charge in [-0.2, -0.15) is 0 Å². The van der Waals surface area contributed by atoms with Gasteiger partial charge in [-0.3, -0.25) is 4.99 Å². The number of hydrogen-bond donors (Lipinski definition) is 2. The van der Waals surface area contributed by atoms with Crippen molar-refractivity contribution in [1.29, 1.82) is 0 Å². The van der Waals surface area contributed by atoms with E-state index < -0.39 is 0 Å². The highest BCUT2D eigenvalue weighted by Gasteiger charge is 2.22. The summed E-state index contributed by atoms with van der Waals surface area (Å²) in [5.41, 5.74) is 3.97. The maximum absolute atomic E-state index is 5.51. The lowest BCUT2D eigenvalue weighted by molar-refractivity contribution is 0.871. The predicted molar refractivity (Wildman–Crippen MR) is 62.6 cm³/mol. The summed E-state index contributed by atoms with van der Waals surface area (Å²) in [6.45, 7) is 2.12. The van der Waals surface area contributed by atoms with Gasteiger partial charge in [-0.25, -0.2) is 5.84 Å². The number of hydrazine groups is 1. The third kappa shape index (κ3) is 2.57. The van der Waals surface area contributed by atoms with Crippen molar-refractivity contribution in [3.05, 3.63) is 35.9 Å². The molecule has 2 rings (SSSR count). The van der Waals surface area contributed by atoms with Gasteiger partial charge < -0.3 is 5.43 Å². The molecule has 1 aliphatic rings. The second kappa shape index (κ2) is 4.45. The molecule has 15 heavy (non-hydrogen) atoms. The van der Waals surface area contributed by atoms with Crippen molar-refractivity contribution in [3.63, 3.8) is 0 Å². The molecular weight excluding hydrogens is 186 g/mol. The Kier molecular flexibility index (Phi) is 3.02. The van der Waals surface area contributed by atoms with Gasteiger partial charge in [-0.1, -0.05) is 37.3 Å². The largest absolute Gasteiger partial charge is 0.312 e. The molecule has 1 aliphatic carbocycles. The van der Waals surface area contributed by atoms with Crippen LogP contribution >= 0.6 is 0 Å². The van der Waals surface area contributed by atoms with Gasteiger partial charge in [0.05, 0.1) is 6.04 Å². The summed E-state index contributed by atoms with van der Waals surface area (Å²) in [6.07, 6.45) is 2.40. The van der Waals surface area contributed by atoms with E-state index in [0.29, 0.717) is 6.04 Å². The van der Waals surface area contributed by atoms with Crippen molar-refractivity contribution in [3.8, 4) is 0 Å². The lowest BCUT2D eigenvalue weighted by atomic mass is 10.0. The molecule has 0 saturated heterocycles. The Labute approximate surface area is 90.4 Å². The Morgan fingerprint density at radius 3 is 2.60 bits per heavy atom. The van der Waals surface area contributed by atoms with E-state index in [0.717, 1.165) is 5.84 Å². The molecule has 0 aliphatic heterocycles. The van der Waals surface area contributed by atoms with Gasteiger partial charge in [0.15, 0.2) is 0 Å². The SMILES string of the molecule is CC(C(=NC1CC1)NN)c1ccccc1. The van der Waals surface area contributed by atoms with Crippen molar-refractivity contribution in [2.75, 3.05) is 0 Å². The monoisotopic (exact) mass is 203 g/mol. The van der Waals surface area contributed by atoms with Crippen molar-refractivity contribution in [2.45, 2.75) is 31.7 Å². The number of benzene rings is 1. The van der Waals surface area contributed by atoms with Gasteiger partial charge in [-0.05, 0) is 18.4 Å². The first-order valence-electron chi connectivity index (χ1n) is 5.40. The number of nitrogens with one attached hydrogen (secondary N) is 1. The molecule has 0 bridgehead atoms. The van der Waals surface area contributed by atoms with Crippen molar-refractivity contribution in [1.82, 2.24) is 5.43 Å². The summed E-state index contributed by atoms with van der Waals surface area (Å²) < 4.78 is 0. The minimum absolute atomic E-state index is 0.247. The second-order valence-electron chi connectivity index (χ2n) is 4.02. The van der Waals surface area contributed by atoms with E-state index in [2.05, 4.69) is 29.5 Å². The van der Waals surface area contributed by atoms with Crippen LogP contribution in [0.3, 0.4) is 0 Å². The molecule has 1 fully saturated rings. The number of nitrogens with two attached hydrogens (primary N) is 1. The molecule has 1 aromatic rings. The Morgan fingerprint density at radius 1 is 1.40 bits per heavy atom. The first kappa shape index (κ1) is 10.2. The van der Waals surface area contributed by atoms with E-state index >= 15 is 0 Å². The fourth-order valence-electron chi connectivity index (χ4n) is 1.57. The summed E-state index contributed by atoms with van der Waals surface area (Å²) in [4.78, 5) is 4.56. The van der Waals surface area contributed by atoms with Crippen LogP contribution in [0.1, 0.15) is 31.2 Å². The fraction of sp³-hybridized carbons (Fsp3) is 0.417. The number of rotatable bonds is 3. The first-order chi connectivity index (χ1) is 7.31. The molecule has 0 amide bonds. The molecule has 0 aromatic heterocycles. The predicted octanol–water partition coefficient (Wildman–Crippen LogP) is 1.81. The summed E-state index contributed by atoms with van der Waals surface area (Å²) >= 11 is 0. The highest BCUT2D eigenvalue weighted by atomic mass is 15.3. The van der Waals surface area contributed by atoms with Crippen LogP contribution in [-0.4, -0.2) is 11.9 Å². The van der Waals surface area contributed by atoms with Crippen LogP contribution in [0.2, 0.25) is 0 Å². The summed E-state index contributed by atoms with van der Waals surface area (Å²) in [6, 6.07) is 10.8. The second-order valence-corrected chi connectivity index (χ2v) is 4.02. The highest BCUT2D eigenvalue weighted by Crippen LogP contribution is 2.25. The molecule has 0 heterocycles. The third-order valence-electron chi connectivity index (χ3n) is 2.73. The molecule has 3 nitrogen and oxygen atoms in total. The van der Waals surface area contributed by atoms with E-state index in [1.807, 2.05) is 18.2 Å². The normalized spacial score (nSPS) is 18.7. The van der Waals surface area contributed by atoms with E-state index in [1.165, 1.54) is 18.4 Å². The number of amidine groups is 1. The molecule has 1 atom stereocenters. The van der Waals surface area contributed by atoms with Crippen LogP contribution in [0, 0.1) is 0 Å². The van der Waals surface area contributed by atoms with Crippen molar-refractivity contribution >= 4 is 5.84 Å². The van der Waals surface area contributed by atoms with Gasteiger partial charge in [0.25, 0.3) is 0 Å². The molecule has 3 heteroatoms. The Hall–Kier alpha value is -1.35. The average Bonchev–Trinajstić information content (AvgIpc) is 3.10. The highest BCUT2D eigenvalue weighted by molar-refractivity contribution is 5.88. The van der Waals surface area contributed by atoms with E-state index in [-0.39, 0.29) is 5.92 Å². The average molecular weight is 203 g/mol. The van der Waals surface area contributed by atoms with Crippen LogP contribution in [-0.2, 0) is 0 Å². The smallest absolute Gasteiger partial charge is 0.118 e. The fourth-order valence-corrected chi connectivity index (χ4v) is 1.57. The molecule has 1 saturated carbocycles. The van der Waals surface area contributed by atoms with Crippen LogP contribution < -0.4 is 11.3 Å². The maximum atomic E-state index is 5.51. The lowest BCUT2D eigenvalue weighted by Crippen LogP contribution is -2.34. The van der Waals surface area contributed by atoms with Crippen molar-refractivity contribution < 1.29 is 0 Å². The van der Waals surface area contributed by atoms with Gasteiger partial charge in [0.2, 0.25) is 0 Å². The first-order valence-corrected chi connectivity index (χ1v) is 5.40. The van der Waals surface area contributed by atoms with Crippen LogP contribution in [0.4, 0.5) is 0 Å². The van der Waals surface area contributed by atoms with Gasteiger partial charge in [0, 0.05) is 5.92 Å². The minimum Gasteiger partial charge on any atom is -0.312 e. The standard InChI is InChI=1S/C12H17N3/c1-9(10-5-3-2-4-6-10)12(15-13)14-11-7-8-11/h2-6,9,11H,7-8,13H2,1H3,(H,14,15). The Bertz CT molecular complexity index is 341. The number of hydrogen-bond acceptors (Lipinski definition) is 2. The Morgan fingerprint density at radius 2 is 2.07 bits per heavy atom. The quantitative estimate of drug-likeness (QED) is 0.341. The number of aliphatic imine (C=N–C) groups is 1. The number of nitrogens with zero attached hydrogens (tertiary/aromatic N) is 1. The molecule has 3 N–H and O–H groups in total. The van der Waals surface area contributed by atoms with Crippen molar-refractivity contribution in [2.24, 2.45) is 10.8 Å². The zero-order valence-electron chi connectivity index (χ0n) is 8.98. The van der Waals surface area contributed by atoms with E-state index in [4.69, 9.17) is 5.84 Å². The van der Waals surface area contributed by atoms with Gasteiger partial charge >= 0.3 is 0 Å². The third-order valence-corrected chi connectivity index (χ3v) is 2.73.